The van der Waals surface area contributed by atoms with E-state index in [4.69, 9.17) is 19.7 Å². The summed E-state index contributed by atoms with van der Waals surface area (Å²) in [6.45, 7) is 2.05. The van der Waals surface area contributed by atoms with Gasteiger partial charge in [0.2, 0.25) is 0 Å². The molecule has 6 rings (SSSR count). The monoisotopic (exact) mass is 429 g/mol. The summed E-state index contributed by atoms with van der Waals surface area (Å²) in [5.74, 6) is 0. The molecule has 0 N–H and O–H groups in total. The average Bonchev–Trinajstić information content (AvgIpc) is 3.45. The zero-order valence-electron chi connectivity index (χ0n) is 18.2. The van der Waals surface area contributed by atoms with Gasteiger partial charge in [-0.25, -0.2) is 15.0 Å². The molecule has 32 heavy (non-hydrogen) atoms. The largest absolute Gasteiger partial charge is 0.376 e. The van der Waals surface area contributed by atoms with Crippen LogP contribution in [0.2, 0.25) is 0 Å². The van der Waals surface area contributed by atoms with Crippen LogP contribution in [0.15, 0.2) is 47.0 Å². The summed E-state index contributed by atoms with van der Waals surface area (Å²) < 4.78 is 9.53. The number of aryl methyl sites for hydroxylation is 1. The normalized spacial score (nSPS) is 19.2. The van der Waals surface area contributed by atoms with Crippen molar-refractivity contribution < 1.29 is 4.74 Å². The summed E-state index contributed by atoms with van der Waals surface area (Å²) in [6, 6.07) is 7.83. The Hall–Kier alpha value is -3.06. The Morgan fingerprint density at radius 2 is 1.94 bits per heavy atom. The van der Waals surface area contributed by atoms with Crippen LogP contribution in [0, 0.1) is 0 Å². The highest BCUT2D eigenvalue weighted by Crippen LogP contribution is 2.27. The van der Waals surface area contributed by atoms with Gasteiger partial charge >= 0.3 is 0 Å². The van der Waals surface area contributed by atoms with E-state index in [1.165, 1.54) is 24.8 Å². The van der Waals surface area contributed by atoms with Crippen molar-refractivity contribution in [3.8, 4) is 0 Å². The van der Waals surface area contributed by atoms with Crippen LogP contribution in [-0.4, -0.2) is 36.8 Å². The van der Waals surface area contributed by atoms with Crippen LogP contribution >= 0.6 is 0 Å². The standard InChI is InChI=1S/C25H27N5O2/c31-25-21-22-24(28-20-11-5-4-10-19(20)27-22)30(13-12-17-7-2-1-3-8-17)23(21)26-16-29(25)15-18-9-6-14-32-18/h4-5,7,10-11,16,18H,1-3,6,8-9,12-15H2/t18-/m1/s1. The Bertz CT molecular complexity index is 1390. The van der Waals surface area contributed by atoms with E-state index in [-0.39, 0.29) is 11.7 Å². The second-order valence-corrected chi connectivity index (χ2v) is 8.93. The summed E-state index contributed by atoms with van der Waals surface area (Å²) >= 11 is 0. The molecule has 0 amide bonds. The molecule has 0 radical (unpaired) electrons. The zero-order chi connectivity index (χ0) is 21.5. The molecule has 3 aromatic heterocycles. The van der Waals surface area contributed by atoms with E-state index in [9.17, 15) is 4.79 Å². The minimum absolute atomic E-state index is 0.0595. The van der Waals surface area contributed by atoms with E-state index < -0.39 is 0 Å². The highest BCUT2D eigenvalue weighted by molar-refractivity contribution is 6.04. The molecule has 2 aliphatic rings. The SMILES string of the molecule is O=c1c2c3nc4ccccc4nc3n(CCC3=CCCCC3)c2ncn1C[C@H]1CCCO1. The molecule has 1 saturated heterocycles. The number of hydrogen-bond acceptors (Lipinski definition) is 5. The molecular formula is C25H27N5O2. The lowest BCUT2D eigenvalue weighted by Gasteiger charge is -2.14. The van der Waals surface area contributed by atoms with E-state index in [0.29, 0.717) is 23.1 Å². The highest BCUT2D eigenvalue weighted by Gasteiger charge is 2.22. The first kappa shape index (κ1) is 19.6. The lowest BCUT2D eigenvalue weighted by molar-refractivity contribution is 0.0960. The predicted molar refractivity (Wildman–Crippen MR) is 125 cm³/mol. The summed E-state index contributed by atoms with van der Waals surface area (Å²) in [5.41, 5.74) is 5.14. The van der Waals surface area contributed by atoms with Crippen LogP contribution in [0.1, 0.15) is 44.9 Å². The number of allylic oxidation sites excluding steroid dienone is 2. The minimum atomic E-state index is -0.0595. The van der Waals surface area contributed by atoms with E-state index in [0.717, 1.165) is 55.5 Å². The van der Waals surface area contributed by atoms with Gasteiger partial charge in [0.25, 0.3) is 5.56 Å². The lowest BCUT2D eigenvalue weighted by atomic mass is 9.97. The van der Waals surface area contributed by atoms with Crippen molar-refractivity contribution in [3.05, 3.63) is 52.6 Å². The number of benzene rings is 1. The third-order valence-corrected chi connectivity index (χ3v) is 6.78. The maximum absolute atomic E-state index is 13.6. The number of aromatic nitrogens is 5. The number of nitrogens with zero attached hydrogens (tertiary/aromatic N) is 5. The van der Waals surface area contributed by atoms with Crippen LogP contribution in [0.25, 0.3) is 33.2 Å². The minimum Gasteiger partial charge on any atom is -0.376 e. The molecule has 164 valence electrons. The smallest absolute Gasteiger partial charge is 0.265 e. The first-order chi connectivity index (χ1) is 15.8. The number of para-hydroxylation sites is 2. The van der Waals surface area contributed by atoms with E-state index in [1.54, 1.807) is 10.9 Å². The number of rotatable bonds is 5. The number of ether oxygens (including phenoxy) is 1. The van der Waals surface area contributed by atoms with E-state index in [1.807, 2.05) is 24.3 Å². The van der Waals surface area contributed by atoms with Gasteiger partial charge < -0.3 is 9.30 Å². The first-order valence-electron chi connectivity index (χ1n) is 11.7. The van der Waals surface area contributed by atoms with Gasteiger partial charge in [0, 0.05) is 13.2 Å². The second-order valence-electron chi connectivity index (χ2n) is 8.93. The fourth-order valence-electron chi connectivity index (χ4n) is 5.08. The summed E-state index contributed by atoms with van der Waals surface area (Å²) in [7, 11) is 0. The number of fused-ring (bicyclic) bond motifs is 4. The fourth-order valence-corrected chi connectivity index (χ4v) is 5.08. The van der Waals surface area contributed by atoms with E-state index in [2.05, 4.69) is 10.6 Å². The van der Waals surface area contributed by atoms with Gasteiger partial charge in [-0.3, -0.25) is 9.36 Å². The molecule has 0 bridgehead atoms. The van der Waals surface area contributed by atoms with Crippen LogP contribution in [-0.2, 0) is 17.8 Å². The molecule has 1 atom stereocenters. The maximum Gasteiger partial charge on any atom is 0.265 e. The summed E-state index contributed by atoms with van der Waals surface area (Å²) in [6.07, 6.45) is 12.0. The molecule has 0 spiro atoms. The predicted octanol–water partition coefficient (Wildman–Crippen LogP) is 4.36. The fraction of sp³-hybridized carbons (Fsp3) is 0.440. The van der Waals surface area contributed by atoms with Crippen molar-refractivity contribution in [2.45, 2.75) is 64.1 Å². The zero-order valence-corrected chi connectivity index (χ0v) is 18.2. The number of hydrogen-bond donors (Lipinski definition) is 0. The van der Waals surface area contributed by atoms with Gasteiger partial charge in [0.1, 0.15) is 10.9 Å². The molecule has 0 saturated carbocycles. The van der Waals surface area contributed by atoms with Crippen LogP contribution < -0.4 is 5.56 Å². The van der Waals surface area contributed by atoms with Crippen LogP contribution in [0.5, 0.6) is 0 Å². The van der Waals surface area contributed by atoms with Crippen LogP contribution in [0.4, 0.5) is 0 Å². The van der Waals surface area contributed by atoms with Crippen molar-refractivity contribution >= 4 is 33.2 Å². The van der Waals surface area contributed by atoms with E-state index >= 15 is 0 Å². The topological polar surface area (TPSA) is 74.8 Å². The van der Waals surface area contributed by atoms with Gasteiger partial charge in [-0.1, -0.05) is 23.8 Å². The Balaban J connectivity index is 1.51. The summed E-state index contributed by atoms with van der Waals surface area (Å²) in [4.78, 5) is 28.1. The molecular weight excluding hydrogens is 402 g/mol. The van der Waals surface area contributed by atoms with Crippen molar-refractivity contribution in [2.24, 2.45) is 0 Å². The van der Waals surface area contributed by atoms with Gasteiger partial charge in [0.05, 0.1) is 30.0 Å². The maximum atomic E-state index is 13.6. The average molecular weight is 430 g/mol. The molecule has 1 aliphatic heterocycles. The second kappa shape index (κ2) is 8.13. The molecule has 4 heterocycles. The molecule has 1 fully saturated rings. The Morgan fingerprint density at radius 3 is 2.72 bits per heavy atom. The Labute approximate surface area is 185 Å². The molecule has 7 heteroatoms. The van der Waals surface area contributed by atoms with Gasteiger partial charge in [-0.05, 0) is 57.1 Å². The first-order valence-corrected chi connectivity index (χ1v) is 11.7. The Morgan fingerprint density at radius 1 is 1.06 bits per heavy atom. The molecule has 0 unspecified atom stereocenters. The van der Waals surface area contributed by atoms with Crippen molar-refractivity contribution in [1.82, 2.24) is 24.1 Å². The summed E-state index contributed by atoms with van der Waals surface area (Å²) in [5, 5.41) is 0.566. The Kier molecular flexibility index (Phi) is 4.98. The highest BCUT2D eigenvalue weighted by atomic mass is 16.5. The van der Waals surface area contributed by atoms with Crippen LogP contribution in [0.3, 0.4) is 0 Å². The quantitative estimate of drug-likeness (QED) is 0.441. The van der Waals surface area contributed by atoms with Gasteiger partial charge in [0.15, 0.2) is 11.3 Å². The van der Waals surface area contributed by atoms with Crippen molar-refractivity contribution in [2.75, 3.05) is 6.61 Å². The third kappa shape index (κ3) is 3.41. The third-order valence-electron chi connectivity index (χ3n) is 6.78. The lowest BCUT2D eigenvalue weighted by Crippen LogP contribution is -2.26. The molecule has 4 aromatic rings. The van der Waals surface area contributed by atoms with Gasteiger partial charge in [-0.15, -0.1) is 0 Å². The van der Waals surface area contributed by atoms with Crippen molar-refractivity contribution in [1.29, 1.82) is 0 Å². The molecule has 1 aromatic carbocycles. The molecule has 7 nitrogen and oxygen atoms in total. The molecule has 1 aliphatic carbocycles. The van der Waals surface area contributed by atoms with Crippen molar-refractivity contribution in [3.63, 3.8) is 0 Å². The van der Waals surface area contributed by atoms with Gasteiger partial charge in [-0.2, -0.15) is 0 Å².